The second kappa shape index (κ2) is 5.23. The summed E-state index contributed by atoms with van der Waals surface area (Å²) in [7, 11) is -3.00. The Morgan fingerprint density at radius 1 is 1.44 bits per heavy atom. The maximum absolute atomic E-state index is 11.4. The van der Waals surface area contributed by atoms with Crippen molar-refractivity contribution in [2.75, 3.05) is 31.2 Å². The van der Waals surface area contributed by atoms with Crippen LogP contribution in [0.5, 0.6) is 0 Å². The maximum atomic E-state index is 11.4. The number of sulfone groups is 1. The molecule has 0 bridgehead atoms. The molecule has 2 aliphatic heterocycles. The molecule has 2 amide bonds. The van der Waals surface area contributed by atoms with Crippen LogP contribution in [-0.2, 0) is 24.3 Å². The van der Waals surface area contributed by atoms with Gasteiger partial charge >= 0.3 is 0 Å². The summed E-state index contributed by atoms with van der Waals surface area (Å²) in [5.74, 6) is -1.00. The molecule has 1 N–H and O–H groups in total. The molecule has 102 valence electrons. The van der Waals surface area contributed by atoms with Crippen LogP contribution in [0.2, 0.25) is 0 Å². The Morgan fingerprint density at radius 3 is 2.72 bits per heavy atom. The van der Waals surface area contributed by atoms with Gasteiger partial charge in [-0.25, -0.2) is 13.9 Å². The molecule has 0 aromatic carbocycles. The lowest BCUT2D eigenvalue weighted by Crippen LogP contribution is -2.47. The molecule has 7 nitrogen and oxygen atoms in total. The molecule has 0 saturated carbocycles. The zero-order valence-corrected chi connectivity index (χ0v) is 10.7. The van der Waals surface area contributed by atoms with Gasteiger partial charge in [0.1, 0.15) is 0 Å². The van der Waals surface area contributed by atoms with Crippen molar-refractivity contribution < 1.29 is 22.8 Å². The third kappa shape index (κ3) is 3.20. The van der Waals surface area contributed by atoms with Crippen molar-refractivity contribution in [3.05, 3.63) is 0 Å². The second-order valence-electron chi connectivity index (χ2n) is 4.57. The van der Waals surface area contributed by atoms with E-state index in [4.69, 9.17) is 4.84 Å². The first-order valence-corrected chi connectivity index (χ1v) is 7.70. The first kappa shape index (κ1) is 13.3. The zero-order valence-electron chi connectivity index (χ0n) is 9.92. The fourth-order valence-electron chi connectivity index (χ4n) is 2.02. The predicted molar refractivity (Wildman–Crippen MR) is 62.1 cm³/mol. The highest BCUT2D eigenvalue weighted by atomic mass is 32.2. The molecule has 8 heteroatoms. The number of hydrogen-bond acceptors (Lipinski definition) is 5. The van der Waals surface area contributed by atoms with E-state index in [1.807, 2.05) is 0 Å². The molecular formula is C10H16N2O5S. The maximum Gasteiger partial charge on any atom is 0.248 e. The lowest BCUT2D eigenvalue weighted by Gasteiger charge is -2.24. The van der Waals surface area contributed by atoms with E-state index in [2.05, 4.69) is 5.48 Å². The van der Waals surface area contributed by atoms with Crippen molar-refractivity contribution in [2.24, 2.45) is 5.92 Å². The molecule has 2 saturated heterocycles. The quantitative estimate of drug-likeness (QED) is 0.498. The molecule has 0 unspecified atom stereocenters. The van der Waals surface area contributed by atoms with E-state index in [1.54, 1.807) is 4.90 Å². The summed E-state index contributed by atoms with van der Waals surface area (Å²) in [6.07, 6.45) is 1.44. The van der Waals surface area contributed by atoms with Gasteiger partial charge in [0, 0.05) is 19.5 Å². The molecule has 0 aromatic rings. The van der Waals surface area contributed by atoms with Crippen LogP contribution in [0.3, 0.4) is 0 Å². The highest BCUT2D eigenvalue weighted by Crippen LogP contribution is 2.17. The van der Waals surface area contributed by atoms with Crippen molar-refractivity contribution in [1.82, 2.24) is 10.4 Å². The van der Waals surface area contributed by atoms with Gasteiger partial charge in [0.05, 0.1) is 24.0 Å². The number of amides is 2. The highest BCUT2D eigenvalue weighted by Gasteiger charge is 2.38. The van der Waals surface area contributed by atoms with Crippen molar-refractivity contribution in [2.45, 2.75) is 12.8 Å². The summed E-state index contributed by atoms with van der Waals surface area (Å²) >= 11 is 0. The van der Waals surface area contributed by atoms with E-state index in [0.29, 0.717) is 13.0 Å². The molecule has 0 atom stereocenters. The third-order valence-electron chi connectivity index (χ3n) is 3.09. The summed E-state index contributed by atoms with van der Waals surface area (Å²) in [5, 5.41) is 0. The summed E-state index contributed by atoms with van der Waals surface area (Å²) in [6.45, 7) is 1.40. The summed E-state index contributed by atoms with van der Waals surface area (Å²) in [4.78, 5) is 29.3. The van der Waals surface area contributed by atoms with Gasteiger partial charge in [-0.1, -0.05) is 0 Å². The van der Waals surface area contributed by atoms with Gasteiger partial charge in [0.15, 0.2) is 9.84 Å². The van der Waals surface area contributed by atoms with E-state index in [-0.39, 0.29) is 24.0 Å². The number of nitrogens with zero attached hydrogens (tertiary/aromatic N) is 1. The minimum Gasteiger partial charge on any atom is -0.340 e. The number of carbonyl (C=O) groups is 2. The molecule has 2 fully saturated rings. The smallest absolute Gasteiger partial charge is 0.248 e. The average molecular weight is 276 g/mol. The van der Waals surface area contributed by atoms with Gasteiger partial charge in [-0.05, 0) is 6.42 Å². The van der Waals surface area contributed by atoms with Gasteiger partial charge in [0.2, 0.25) is 11.8 Å². The number of likely N-dealkylation sites (tertiary alicyclic amines) is 1. The minimum atomic E-state index is -3.00. The molecular weight excluding hydrogens is 260 g/mol. The van der Waals surface area contributed by atoms with Gasteiger partial charge in [-0.2, -0.15) is 0 Å². The van der Waals surface area contributed by atoms with Crippen LogP contribution in [0.4, 0.5) is 0 Å². The largest absolute Gasteiger partial charge is 0.340 e. The topological polar surface area (TPSA) is 92.8 Å². The summed E-state index contributed by atoms with van der Waals surface area (Å²) in [5.41, 5.74) is 2.22. The SMILES string of the molecule is O=C(NOCCN1CCCC1=O)C1CS(=O)(=O)C1. The van der Waals surface area contributed by atoms with Crippen LogP contribution in [-0.4, -0.2) is 56.3 Å². The standard InChI is InChI=1S/C10H16N2O5S/c13-9-2-1-3-12(9)4-5-17-11-10(14)8-6-18(15,16)7-8/h8H,1-7H2,(H,11,14). The lowest BCUT2D eigenvalue weighted by molar-refractivity contribution is -0.138. The first-order valence-electron chi connectivity index (χ1n) is 5.88. The Balaban J connectivity index is 1.58. The number of nitrogens with one attached hydrogen (secondary N) is 1. The molecule has 2 heterocycles. The molecule has 2 aliphatic rings. The summed E-state index contributed by atoms with van der Waals surface area (Å²) < 4.78 is 21.8. The molecule has 18 heavy (non-hydrogen) atoms. The number of hydroxylamine groups is 1. The van der Waals surface area contributed by atoms with Crippen molar-refractivity contribution in [3.8, 4) is 0 Å². The van der Waals surface area contributed by atoms with Gasteiger partial charge in [0.25, 0.3) is 0 Å². The van der Waals surface area contributed by atoms with E-state index < -0.39 is 21.7 Å². The van der Waals surface area contributed by atoms with Crippen LogP contribution >= 0.6 is 0 Å². The zero-order chi connectivity index (χ0) is 13.2. The first-order chi connectivity index (χ1) is 8.48. The van der Waals surface area contributed by atoms with E-state index in [1.165, 1.54) is 0 Å². The minimum absolute atomic E-state index is 0.104. The lowest BCUT2D eigenvalue weighted by atomic mass is 10.2. The molecule has 2 rings (SSSR count). The Kier molecular flexibility index (Phi) is 3.86. The Hall–Kier alpha value is -1.15. The van der Waals surface area contributed by atoms with E-state index in [9.17, 15) is 18.0 Å². The Labute approximate surface area is 105 Å². The predicted octanol–water partition coefficient (Wildman–Crippen LogP) is -1.30. The fourth-order valence-corrected chi connectivity index (χ4v) is 3.45. The van der Waals surface area contributed by atoms with Crippen LogP contribution in [0.25, 0.3) is 0 Å². The number of rotatable bonds is 5. The number of hydrogen-bond donors (Lipinski definition) is 1. The van der Waals surface area contributed by atoms with Gasteiger partial charge < -0.3 is 4.90 Å². The van der Waals surface area contributed by atoms with Crippen molar-refractivity contribution >= 4 is 21.7 Å². The molecule has 0 radical (unpaired) electrons. The molecule has 0 aromatic heterocycles. The van der Waals surface area contributed by atoms with Crippen LogP contribution < -0.4 is 5.48 Å². The average Bonchev–Trinajstić information content (AvgIpc) is 2.67. The third-order valence-corrected chi connectivity index (χ3v) is 4.91. The van der Waals surface area contributed by atoms with Crippen LogP contribution in [0.15, 0.2) is 0 Å². The number of carbonyl (C=O) groups excluding carboxylic acids is 2. The van der Waals surface area contributed by atoms with Gasteiger partial charge in [-0.15, -0.1) is 0 Å². The Morgan fingerprint density at radius 2 is 2.17 bits per heavy atom. The van der Waals surface area contributed by atoms with Crippen molar-refractivity contribution in [3.63, 3.8) is 0 Å². The van der Waals surface area contributed by atoms with Crippen LogP contribution in [0, 0.1) is 5.92 Å². The fraction of sp³-hybridized carbons (Fsp3) is 0.800. The normalized spacial score (nSPS) is 22.9. The van der Waals surface area contributed by atoms with E-state index in [0.717, 1.165) is 13.0 Å². The highest BCUT2D eigenvalue weighted by molar-refractivity contribution is 7.92. The monoisotopic (exact) mass is 276 g/mol. The van der Waals surface area contributed by atoms with Crippen LogP contribution in [0.1, 0.15) is 12.8 Å². The van der Waals surface area contributed by atoms with E-state index >= 15 is 0 Å². The van der Waals surface area contributed by atoms with Gasteiger partial charge in [-0.3, -0.25) is 14.4 Å². The molecule has 0 aliphatic carbocycles. The Bertz CT molecular complexity index is 435. The summed E-state index contributed by atoms with van der Waals surface area (Å²) in [6, 6.07) is 0. The molecule has 0 spiro atoms. The van der Waals surface area contributed by atoms with Crippen molar-refractivity contribution in [1.29, 1.82) is 0 Å². The second-order valence-corrected chi connectivity index (χ2v) is 6.73.